The van der Waals surface area contributed by atoms with Crippen LogP contribution < -0.4 is 21.1 Å². The number of rotatable bonds is 4. The molecule has 9 aromatic rings. The zero-order chi connectivity index (χ0) is 37.5. The van der Waals surface area contributed by atoms with Crippen LogP contribution in [-0.2, 0) is 5.41 Å². The maximum atomic E-state index is 6.61. The first-order valence-electron chi connectivity index (χ1n) is 19.9. The average Bonchev–Trinajstić information content (AvgIpc) is 3.76. The number of para-hydroxylation sites is 1. The van der Waals surface area contributed by atoms with Crippen LogP contribution in [0.25, 0.3) is 55.6 Å². The molecule has 0 atom stereocenters. The summed E-state index contributed by atoms with van der Waals surface area (Å²) in [5.41, 5.74) is 21.2. The minimum Gasteiger partial charge on any atom is -0.458 e. The molecule has 2 heteroatoms. The van der Waals surface area contributed by atoms with E-state index in [1.807, 2.05) is 0 Å². The molecule has 1 heterocycles. The van der Waals surface area contributed by atoms with Gasteiger partial charge in [-0.25, -0.2) is 0 Å². The van der Waals surface area contributed by atoms with Crippen molar-refractivity contribution in [2.45, 2.75) is 5.41 Å². The van der Waals surface area contributed by atoms with E-state index in [1.165, 1.54) is 83.1 Å². The Morgan fingerprint density at radius 1 is 0.316 bits per heavy atom. The Bertz CT molecular complexity index is 3020. The van der Waals surface area contributed by atoms with Gasteiger partial charge in [0.25, 0.3) is 6.71 Å². The third kappa shape index (κ3) is 4.65. The van der Waals surface area contributed by atoms with Gasteiger partial charge in [0.05, 0.1) is 5.41 Å². The number of benzene rings is 9. The monoisotopic (exact) mass is 722 g/mol. The third-order valence-corrected chi connectivity index (χ3v) is 12.6. The molecule has 1 spiro atoms. The van der Waals surface area contributed by atoms with Crippen LogP contribution >= 0.6 is 0 Å². The Morgan fingerprint density at radius 3 is 1.53 bits per heavy atom. The van der Waals surface area contributed by atoms with Gasteiger partial charge in [-0.15, -0.1) is 0 Å². The molecule has 0 N–H and O–H groups in total. The molecule has 0 fully saturated rings. The second-order valence-electron chi connectivity index (χ2n) is 15.5. The van der Waals surface area contributed by atoms with Gasteiger partial charge < -0.3 is 4.74 Å². The molecule has 57 heavy (non-hydrogen) atoms. The average molecular weight is 723 g/mol. The standard InChI is InChI=1S/C55H35BO/c1-2-19-41(20-3-1)56-50-29-10-11-30-52(50)57-53-35-39(31-32-51(53)56)37-16-12-15-36(33-37)38-17-13-18-40(34-38)42-24-14-28-49-54(42)45-23-6-9-27-48(45)55(49)46-25-7-4-21-43(46)44-22-5-8-26-47(44)55/h1-35H. The van der Waals surface area contributed by atoms with Crippen molar-refractivity contribution in [3.05, 3.63) is 235 Å². The van der Waals surface area contributed by atoms with Crippen molar-refractivity contribution in [1.82, 2.24) is 0 Å². The molecular weight excluding hydrogens is 687 g/mol. The Morgan fingerprint density at radius 2 is 0.807 bits per heavy atom. The highest BCUT2D eigenvalue weighted by atomic mass is 16.5. The molecule has 0 amide bonds. The maximum absolute atomic E-state index is 6.61. The smallest absolute Gasteiger partial charge is 0.250 e. The molecule has 0 aromatic heterocycles. The second-order valence-corrected chi connectivity index (χ2v) is 15.5. The Balaban J connectivity index is 0.956. The molecule has 9 aromatic carbocycles. The van der Waals surface area contributed by atoms with Crippen molar-refractivity contribution in [1.29, 1.82) is 0 Å². The van der Waals surface area contributed by atoms with Crippen LogP contribution in [0.15, 0.2) is 212 Å². The maximum Gasteiger partial charge on any atom is 0.250 e. The van der Waals surface area contributed by atoms with E-state index < -0.39 is 0 Å². The van der Waals surface area contributed by atoms with Crippen molar-refractivity contribution < 1.29 is 4.74 Å². The Labute approximate surface area is 333 Å². The van der Waals surface area contributed by atoms with E-state index in [-0.39, 0.29) is 12.1 Å². The third-order valence-electron chi connectivity index (χ3n) is 12.6. The van der Waals surface area contributed by atoms with Gasteiger partial charge in [-0.05, 0) is 113 Å². The first-order chi connectivity index (χ1) is 28.3. The summed E-state index contributed by atoms with van der Waals surface area (Å²) in [5.74, 6) is 1.83. The summed E-state index contributed by atoms with van der Waals surface area (Å²) >= 11 is 0. The minimum absolute atomic E-state index is 0.119. The van der Waals surface area contributed by atoms with E-state index in [0.29, 0.717) is 0 Å². The lowest BCUT2D eigenvalue weighted by Crippen LogP contribution is -2.54. The summed E-state index contributed by atoms with van der Waals surface area (Å²) in [6.45, 7) is 0.119. The summed E-state index contributed by atoms with van der Waals surface area (Å²) in [5, 5.41) is 0. The van der Waals surface area contributed by atoms with E-state index in [4.69, 9.17) is 4.74 Å². The number of ether oxygens (including phenoxy) is 1. The Kier molecular flexibility index (Phi) is 7.00. The van der Waals surface area contributed by atoms with Crippen molar-refractivity contribution in [2.75, 3.05) is 0 Å². The zero-order valence-electron chi connectivity index (χ0n) is 31.2. The quantitative estimate of drug-likeness (QED) is 0.164. The van der Waals surface area contributed by atoms with Crippen LogP contribution in [0.1, 0.15) is 22.3 Å². The highest BCUT2D eigenvalue weighted by Crippen LogP contribution is 2.63. The van der Waals surface area contributed by atoms with Crippen molar-refractivity contribution >= 4 is 23.1 Å². The first-order valence-corrected chi connectivity index (χ1v) is 19.9. The summed E-state index contributed by atoms with van der Waals surface area (Å²) in [7, 11) is 0. The van der Waals surface area contributed by atoms with Crippen LogP contribution in [0.4, 0.5) is 0 Å². The SMILES string of the molecule is c1ccc(B2c3ccccc3Oc3cc(-c4cccc(-c5cccc(-c6cccc7c6-c6ccccc6C76c7ccccc7-c7ccccc76)c5)c4)ccc32)cc1. The molecular formula is C55H35BO. The zero-order valence-corrected chi connectivity index (χ0v) is 31.2. The fraction of sp³-hybridized carbons (Fsp3) is 0.0182. The van der Waals surface area contributed by atoms with Crippen LogP contribution in [-0.4, -0.2) is 6.71 Å². The molecule has 0 radical (unpaired) electrons. The molecule has 12 rings (SSSR count). The van der Waals surface area contributed by atoms with Gasteiger partial charge in [-0.2, -0.15) is 0 Å². The lowest BCUT2D eigenvalue weighted by Gasteiger charge is -2.30. The number of hydrogen-bond acceptors (Lipinski definition) is 1. The van der Waals surface area contributed by atoms with Crippen LogP contribution in [0.2, 0.25) is 0 Å². The molecule has 0 saturated heterocycles. The molecule has 0 bridgehead atoms. The molecule has 1 nitrogen and oxygen atoms in total. The van der Waals surface area contributed by atoms with E-state index in [1.54, 1.807) is 0 Å². The van der Waals surface area contributed by atoms with Gasteiger partial charge in [-0.1, -0.05) is 194 Å². The molecule has 2 aliphatic carbocycles. The van der Waals surface area contributed by atoms with Gasteiger partial charge in [0.1, 0.15) is 11.5 Å². The summed E-state index contributed by atoms with van der Waals surface area (Å²) in [6, 6.07) is 78.0. The number of fused-ring (bicyclic) bond motifs is 12. The predicted octanol–water partition coefficient (Wildman–Crippen LogP) is 11.7. The van der Waals surface area contributed by atoms with E-state index in [9.17, 15) is 0 Å². The highest BCUT2D eigenvalue weighted by molar-refractivity contribution is 6.96. The largest absolute Gasteiger partial charge is 0.458 e. The van der Waals surface area contributed by atoms with Crippen molar-refractivity contribution in [2.24, 2.45) is 0 Å². The van der Waals surface area contributed by atoms with Gasteiger partial charge in [0.15, 0.2) is 0 Å². The summed E-state index contributed by atoms with van der Waals surface area (Å²) < 4.78 is 6.61. The lowest BCUT2D eigenvalue weighted by molar-refractivity contribution is 0.487. The van der Waals surface area contributed by atoms with Crippen molar-refractivity contribution in [3.63, 3.8) is 0 Å². The van der Waals surface area contributed by atoms with Crippen LogP contribution in [0.3, 0.4) is 0 Å². The molecule has 0 unspecified atom stereocenters. The molecule has 1 aliphatic heterocycles. The topological polar surface area (TPSA) is 9.23 Å². The van der Waals surface area contributed by atoms with Gasteiger partial charge in [0.2, 0.25) is 0 Å². The van der Waals surface area contributed by atoms with E-state index in [2.05, 4.69) is 212 Å². The highest BCUT2D eigenvalue weighted by Gasteiger charge is 2.52. The van der Waals surface area contributed by atoms with Crippen LogP contribution in [0, 0.1) is 0 Å². The molecule has 264 valence electrons. The lowest BCUT2D eigenvalue weighted by atomic mass is 9.36. The number of hydrogen-bond donors (Lipinski definition) is 0. The van der Waals surface area contributed by atoms with E-state index >= 15 is 0 Å². The predicted molar refractivity (Wildman–Crippen MR) is 237 cm³/mol. The van der Waals surface area contributed by atoms with E-state index in [0.717, 1.165) is 22.6 Å². The van der Waals surface area contributed by atoms with Gasteiger partial charge >= 0.3 is 0 Å². The van der Waals surface area contributed by atoms with Gasteiger partial charge in [0, 0.05) is 0 Å². The van der Waals surface area contributed by atoms with Crippen LogP contribution in [0.5, 0.6) is 11.5 Å². The minimum atomic E-state index is -0.358. The summed E-state index contributed by atoms with van der Waals surface area (Å²) in [6.07, 6.45) is 0. The first kappa shape index (κ1) is 32.1. The normalized spacial score (nSPS) is 13.5. The summed E-state index contributed by atoms with van der Waals surface area (Å²) in [4.78, 5) is 0. The molecule has 3 aliphatic rings. The van der Waals surface area contributed by atoms with Gasteiger partial charge in [-0.3, -0.25) is 0 Å². The van der Waals surface area contributed by atoms with Crippen molar-refractivity contribution in [3.8, 4) is 67.1 Å². The second kappa shape index (κ2) is 12.4. The molecule has 0 saturated carbocycles. The fourth-order valence-electron chi connectivity index (χ4n) is 10.3. The Hall–Kier alpha value is -7.16. The fourth-order valence-corrected chi connectivity index (χ4v) is 10.3.